The predicted molar refractivity (Wildman–Crippen MR) is 98.2 cm³/mol. The molecule has 6 heteroatoms. The number of rotatable bonds is 8. The Morgan fingerprint density at radius 1 is 1.17 bits per heavy atom. The van der Waals surface area contributed by atoms with Crippen molar-refractivity contribution in [2.24, 2.45) is 5.92 Å². The minimum atomic E-state index is 0. The standard InChI is InChI=1S/C18H28N2O3.ClH/c1-3-12-22-16-4-6-17(7-5-16)23-14-18(21)20-10-8-15(9-11-20)13-19-2;/h4-7,15,19H,3,8-14H2,1-2H3;1H. The summed E-state index contributed by atoms with van der Waals surface area (Å²) in [5.74, 6) is 2.28. The van der Waals surface area contributed by atoms with E-state index >= 15 is 0 Å². The third kappa shape index (κ3) is 6.57. The summed E-state index contributed by atoms with van der Waals surface area (Å²) in [6.45, 7) is 5.58. The zero-order valence-electron chi connectivity index (χ0n) is 14.6. The first kappa shape index (κ1) is 20.6. The molecule has 0 radical (unpaired) electrons. The van der Waals surface area contributed by atoms with Gasteiger partial charge in [0.2, 0.25) is 0 Å². The molecule has 5 nitrogen and oxygen atoms in total. The highest BCUT2D eigenvalue weighted by molar-refractivity contribution is 5.85. The first-order valence-electron chi connectivity index (χ1n) is 8.51. The molecule has 1 aliphatic heterocycles. The number of hydrogen-bond acceptors (Lipinski definition) is 4. The number of hydrogen-bond donors (Lipinski definition) is 1. The number of nitrogens with zero attached hydrogens (tertiary/aromatic N) is 1. The predicted octanol–water partition coefficient (Wildman–Crippen LogP) is 2.73. The van der Waals surface area contributed by atoms with Gasteiger partial charge in [0.1, 0.15) is 11.5 Å². The maximum atomic E-state index is 12.2. The van der Waals surface area contributed by atoms with E-state index < -0.39 is 0 Å². The summed E-state index contributed by atoms with van der Waals surface area (Å²) in [6, 6.07) is 7.44. The normalized spacial score (nSPS) is 14.8. The molecule has 1 amide bonds. The molecule has 0 aliphatic carbocycles. The number of amides is 1. The van der Waals surface area contributed by atoms with Crippen LogP contribution >= 0.6 is 12.4 Å². The summed E-state index contributed by atoms with van der Waals surface area (Å²) >= 11 is 0. The Kier molecular flexibility index (Phi) is 9.57. The fraction of sp³-hybridized carbons (Fsp3) is 0.611. The van der Waals surface area contributed by atoms with Crippen molar-refractivity contribution in [3.05, 3.63) is 24.3 Å². The fourth-order valence-electron chi connectivity index (χ4n) is 2.76. The zero-order chi connectivity index (χ0) is 16.5. The van der Waals surface area contributed by atoms with Gasteiger partial charge < -0.3 is 19.7 Å². The van der Waals surface area contributed by atoms with Crippen molar-refractivity contribution in [1.29, 1.82) is 0 Å². The van der Waals surface area contributed by atoms with Gasteiger partial charge in [0.05, 0.1) is 6.61 Å². The number of carbonyl (C=O) groups is 1. The van der Waals surface area contributed by atoms with Crippen LogP contribution in [0, 0.1) is 5.92 Å². The molecule has 1 aromatic carbocycles. The van der Waals surface area contributed by atoms with Crippen LogP contribution in [-0.2, 0) is 4.79 Å². The van der Waals surface area contributed by atoms with Gasteiger partial charge in [-0.1, -0.05) is 6.92 Å². The van der Waals surface area contributed by atoms with Crippen molar-refractivity contribution in [3.8, 4) is 11.5 Å². The lowest BCUT2D eigenvalue weighted by Gasteiger charge is -2.31. The number of nitrogens with one attached hydrogen (secondary N) is 1. The van der Waals surface area contributed by atoms with E-state index in [0.29, 0.717) is 18.3 Å². The van der Waals surface area contributed by atoms with Gasteiger partial charge in [-0.15, -0.1) is 12.4 Å². The summed E-state index contributed by atoms with van der Waals surface area (Å²) in [7, 11) is 1.98. The SMILES string of the molecule is CCCOc1ccc(OCC(=O)N2CCC(CNC)CC2)cc1.Cl. The Labute approximate surface area is 151 Å². The van der Waals surface area contributed by atoms with Crippen LogP contribution in [0.5, 0.6) is 11.5 Å². The van der Waals surface area contributed by atoms with Gasteiger partial charge in [0.25, 0.3) is 5.91 Å². The van der Waals surface area contributed by atoms with E-state index in [9.17, 15) is 4.79 Å². The molecule has 1 fully saturated rings. The Morgan fingerprint density at radius 3 is 2.29 bits per heavy atom. The lowest BCUT2D eigenvalue weighted by molar-refractivity contribution is -0.134. The van der Waals surface area contributed by atoms with Crippen molar-refractivity contribution in [1.82, 2.24) is 10.2 Å². The fourth-order valence-corrected chi connectivity index (χ4v) is 2.76. The third-order valence-electron chi connectivity index (χ3n) is 4.12. The van der Waals surface area contributed by atoms with Crippen LogP contribution in [0.4, 0.5) is 0 Å². The Hall–Kier alpha value is -1.46. The maximum Gasteiger partial charge on any atom is 0.260 e. The van der Waals surface area contributed by atoms with E-state index in [4.69, 9.17) is 9.47 Å². The van der Waals surface area contributed by atoms with Crippen LogP contribution in [0.15, 0.2) is 24.3 Å². The lowest BCUT2D eigenvalue weighted by atomic mass is 9.97. The number of carbonyl (C=O) groups excluding carboxylic acids is 1. The highest BCUT2D eigenvalue weighted by Crippen LogP contribution is 2.19. The van der Waals surface area contributed by atoms with E-state index in [0.717, 1.165) is 44.6 Å². The topological polar surface area (TPSA) is 50.8 Å². The summed E-state index contributed by atoms with van der Waals surface area (Å²) in [5, 5.41) is 3.21. The summed E-state index contributed by atoms with van der Waals surface area (Å²) < 4.78 is 11.1. The van der Waals surface area contributed by atoms with Gasteiger partial charge in [-0.2, -0.15) is 0 Å². The molecule has 0 spiro atoms. The monoisotopic (exact) mass is 356 g/mol. The summed E-state index contributed by atoms with van der Waals surface area (Å²) in [6.07, 6.45) is 3.11. The highest BCUT2D eigenvalue weighted by Gasteiger charge is 2.22. The van der Waals surface area contributed by atoms with E-state index in [1.807, 2.05) is 36.2 Å². The minimum Gasteiger partial charge on any atom is -0.494 e. The van der Waals surface area contributed by atoms with E-state index in [1.165, 1.54) is 0 Å². The van der Waals surface area contributed by atoms with Gasteiger partial charge in [0.15, 0.2) is 6.61 Å². The van der Waals surface area contributed by atoms with E-state index in [2.05, 4.69) is 12.2 Å². The second kappa shape index (κ2) is 11.2. The lowest BCUT2D eigenvalue weighted by Crippen LogP contribution is -2.42. The molecule has 0 atom stereocenters. The smallest absolute Gasteiger partial charge is 0.260 e. The highest BCUT2D eigenvalue weighted by atomic mass is 35.5. The van der Waals surface area contributed by atoms with Crippen LogP contribution in [-0.4, -0.2) is 50.7 Å². The minimum absolute atomic E-state index is 0. The third-order valence-corrected chi connectivity index (χ3v) is 4.12. The number of halogens is 1. The van der Waals surface area contributed by atoms with Gasteiger partial charge in [-0.3, -0.25) is 4.79 Å². The average molecular weight is 357 g/mol. The average Bonchev–Trinajstić information content (AvgIpc) is 2.59. The van der Waals surface area contributed by atoms with Crippen molar-refractivity contribution >= 4 is 18.3 Å². The molecule has 24 heavy (non-hydrogen) atoms. The molecule has 0 aromatic heterocycles. The molecule has 2 rings (SSSR count). The Balaban J connectivity index is 0.00000288. The van der Waals surface area contributed by atoms with Crippen LogP contribution in [0.1, 0.15) is 26.2 Å². The van der Waals surface area contributed by atoms with Gasteiger partial charge in [-0.25, -0.2) is 0 Å². The van der Waals surface area contributed by atoms with Crippen molar-refractivity contribution < 1.29 is 14.3 Å². The number of ether oxygens (including phenoxy) is 2. The van der Waals surface area contributed by atoms with Crippen molar-refractivity contribution in [3.63, 3.8) is 0 Å². The first-order chi connectivity index (χ1) is 11.2. The zero-order valence-corrected chi connectivity index (χ0v) is 15.4. The molecule has 1 N–H and O–H groups in total. The number of likely N-dealkylation sites (tertiary alicyclic amines) is 1. The van der Waals surface area contributed by atoms with Crippen molar-refractivity contribution in [2.75, 3.05) is 39.9 Å². The second-order valence-electron chi connectivity index (χ2n) is 5.99. The second-order valence-corrected chi connectivity index (χ2v) is 5.99. The van der Waals surface area contributed by atoms with Gasteiger partial charge >= 0.3 is 0 Å². The van der Waals surface area contributed by atoms with Crippen molar-refractivity contribution in [2.45, 2.75) is 26.2 Å². The van der Waals surface area contributed by atoms with Crippen LogP contribution < -0.4 is 14.8 Å². The summed E-state index contributed by atoms with van der Waals surface area (Å²) in [4.78, 5) is 14.1. The largest absolute Gasteiger partial charge is 0.494 e. The van der Waals surface area contributed by atoms with E-state index in [1.54, 1.807) is 0 Å². The molecule has 1 aliphatic rings. The number of piperidine rings is 1. The van der Waals surface area contributed by atoms with E-state index in [-0.39, 0.29) is 24.9 Å². The quantitative estimate of drug-likeness (QED) is 0.778. The molecule has 0 saturated carbocycles. The maximum absolute atomic E-state index is 12.2. The summed E-state index contributed by atoms with van der Waals surface area (Å²) in [5.41, 5.74) is 0. The van der Waals surface area contributed by atoms with Crippen LogP contribution in [0.3, 0.4) is 0 Å². The number of benzene rings is 1. The Morgan fingerprint density at radius 2 is 1.75 bits per heavy atom. The van der Waals surface area contributed by atoms with Gasteiger partial charge in [-0.05, 0) is 63.0 Å². The molecular formula is C18H29ClN2O3. The Bertz CT molecular complexity index is 474. The first-order valence-corrected chi connectivity index (χ1v) is 8.51. The molecule has 1 aromatic rings. The van der Waals surface area contributed by atoms with Crippen LogP contribution in [0.2, 0.25) is 0 Å². The molecule has 0 unspecified atom stereocenters. The molecule has 1 saturated heterocycles. The molecular weight excluding hydrogens is 328 g/mol. The van der Waals surface area contributed by atoms with Gasteiger partial charge in [0, 0.05) is 13.1 Å². The molecule has 0 bridgehead atoms. The molecule has 1 heterocycles. The molecule has 136 valence electrons. The van der Waals surface area contributed by atoms with Crippen LogP contribution in [0.25, 0.3) is 0 Å².